The van der Waals surface area contributed by atoms with E-state index in [0.717, 1.165) is 15.2 Å². The van der Waals surface area contributed by atoms with E-state index in [0.29, 0.717) is 10.8 Å². The molecule has 106 valence electrons. The van der Waals surface area contributed by atoms with Crippen molar-refractivity contribution < 1.29 is 4.74 Å². The summed E-state index contributed by atoms with van der Waals surface area (Å²) < 4.78 is 6.71. The van der Waals surface area contributed by atoms with Crippen LogP contribution in [0.15, 0.2) is 46.9 Å². The van der Waals surface area contributed by atoms with Crippen molar-refractivity contribution in [3.63, 3.8) is 0 Å². The third-order valence-corrected chi connectivity index (χ3v) is 4.28. The minimum Gasteiger partial charge on any atom is -0.437 e. The van der Waals surface area contributed by atoms with Gasteiger partial charge >= 0.3 is 0 Å². The van der Waals surface area contributed by atoms with Gasteiger partial charge < -0.3 is 4.74 Å². The largest absolute Gasteiger partial charge is 0.437 e. The van der Waals surface area contributed by atoms with Crippen LogP contribution >= 0.6 is 50.7 Å². The van der Waals surface area contributed by atoms with Crippen molar-refractivity contribution in [1.82, 2.24) is 4.98 Å². The number of aromatic nitrogens is 1. The molecule has 0 aliphatic carbocycles. The molecule has 0 amide bonds. The van der Waals surface area contributed by atoms with E-state index in [1.807, 2.05) is 36.4 Å². The smallest absolute Gasteiger partial charge is 0.239 e. The summed E-state index contributed by atoms with van der Waals surface area (Å²) in [5, 5.41) is 2.90. The van der Waals surface area contributed by atoms with Gasteiger partial charge in [0.15, 0.2) is 5.15 Å². The van der Waals surface area contributed by atoms with Crippen molar-refractivity contribution in [1.29, 1.82) is 0 Å². The first-order valence-electron chi connectivity index (χ1n) is 5.91. The number of hydrogen-bond donors (Lipinski definition) is 0. The van der Waals surface area contributed by atoms with Crippen LogP contribution < -0.4 is 4.74 Å². The van der Waals surface area contributed by atoms with Gasteiger partial charge in [0.1, 0.15) is 10.8 Å². The summed E-state index contributed by atoms with van der Waals surface area (Å²) in [6, 6.07) is 13.2. The third-order valence-electron chi connectivity index (χ3n) is 2.84. The normalized spacial score (nSPS) is 10.9. The molecule has 0 unspecified atom stereocenters. The molecule has 0 radical (unpaired) electrons. The van der Waals surface area contributed by atoms with Gasteiger partial charge in [-0.3, -0.25) is 0 Å². The molecule has 0 aliphatic heterocycles. The standard InChI is InChI=1S/C15H7BrCl3NO/c16-10-3-1-9-6-11(4-2-8(9)5-10)21-15-13(18)7-12(17)14(19)20-15/h1-7H. The predicted octanol–water partition coefficient (Wildman–Crippen LogP) is 6.75. The highest BCUT2D eigenvalue weighted by Gasteiger charge is 2.10. The molecule has 2 nitrogen and oxygen atoms in total. The minimum atomic E-state index is 0.154. The van der Waals surface area contributed by atoms with Gasteiger partial charge in [0.2, 0.25) is 5.88 Å². The maximum atomic E-state index is 6.05. The van der Waals surface area contributed by atoms with Crippen LogP contribution in [0.5, 0.6) is 11.6 Å². The molecule has 0 N–H and O–H groups in total. The fourth-order valence-electron chi connectivity index (χ4n) is 1.87. The highest BCUT2D eigenvalue weighted by atomic mass is 79.9. The van der Waals surface area contributed by atoms with Crippen LogP contribution in [0.3, 0.4) is 0 Å². The lowest BCUT2D eigenvalue weighted by Crippen LogP contribution is -1.90. The number of nitrogens with zero attached hydrogens (tertiary/aromatic N) is 1. The summed E-state index contributed by atoms with van der Waals surface area (Å²) in [7, 11) is 0. The van der Waals surface area contributed by atoms with Crippen LogP contribution in [0.25, 0.3) is 10.8 Å². The first-order chi connectivity index (χ1) is 10.0. The van der Waals surface area contributed by atoms with Gasteiger partial charge in [-0.1, -0.05) is 62.9 Å². The average Bonchev–Trinajstić information content (AvgIpc) is 2.45. The van der Waals surface area contributed by atoms with E-state index in [-0.39, 0.29) is 16.1 Å². The molecule has 6 heteroatoms. The molecular formula is C15H7BrCl3NO. The summed E-state index contributed by atoms with van der Waals surface area (Å²) in [4.78, 5) is 4.03. The summed E-state index contributed by atoms with van der Waals surface area (Å²) in [5.74, 6) is 0.847. The van der Waals surface area contributed by atoms with E-state index in [2.05, 4.69) is 20.9 Å². The van der Waals surface area contributed by atoms with Gasteiger partial charge in [0.25, 0.3) is 0 Å². The van der Waals surface area contributed by atoms with Crippen molar-refractivity contribution in [3.8, 4) is 11.6 Å². The number of halogens is 4. The van der Waals surface area contributed by atoms with Crippen LogP contribution in [0.4, 0.5) is 0 Å². The monoisotopic (exact) mass is 401 g/mol. The van der Waals surface area contributed by atoms with Gasteiger partial charge in [-0.2, -0.15) is 4.98 Å². The Morgan fingerprint density at radius 3 is 2.38 bits per heavy atom. The minimum absolute atomic E-state index is 0.154. The molecule has 0 aliphatic rings. The molecule has 3 aromatic rings. The Morgan fingerprint density at radius 1 is 0.857 bits per heavy atom. The predicted molar refractivity (Wildman–Crippen MR) is 91.0 cm³/mol. The number of fused-ring (bicyclic) bond motifs is 1. The van der Waals surface area contributed by atoms with Crippen LogP contribution in [0, 0.1) is 0 Å². The van der Waals surface area contributed by atoms with Gasteiger partial charge in [-0.25, -0.2) is 0 Å². The quantitative estimate of drug-likeness (QED) is 0.442. The highest BCUT2D eigenvalue weighted by Crippen LogP contribution is 2.34. The van der Waals surface area contributed by atoms with Crippen LogP contribution in [0.2, 0.25) is 15.2 Å². The van der Waals surface area contributed by atoms with Crippen LogP contribution in [-0.4, -0.2) is 4.98 Å². The Hall–Kier alpha value is -1.00. The topological polar surface area (TPSA) is 22.1 Å². The van der Waals surface area contributed by atoms with E-state index in [1.54, 1.807) is 0 Å². The molecule has 1 aromatic heterocycles. The summed E-state index contributed by atoms with van der Waals surface area (Å²) >= 11 is 21.2. The van der Waals surface area contributed by atoms with E-state index in [1.165, 1.54) is 6.07 Å². The Labute approximate surface area is 144 Å². The fourth-order valence-corrected chi connectivity index (χ4v) is 2.78. The summed E-state index contributed by atoms with van der Waals surface area (Å²) in [6.45, 7) is 0. The molecule has 21 heavy (non-hydrogen) atoms. The molecule has 2 aromatic carbocycles. The second kappa shape index (κ2) is 6.01. The zero-order valence-electron chi connectivity index (χ0n) is 10.4. The number of ether oxygens (including phenoxy) is 1. The van der Waals surface area contributed by atoms with Crippen molar-refractivity contribution in [2.45, 2.75) is 0 Å². The SMILES string of the molecule is Clc1cc(Cl)c(Oc2ccc3cc(Br)ccc3c2)nc1Cl. The summed E-state index contributed by atoms with van der Waals surface area (Å²) in [6.07, 6.45) is 0. The highest BCUT2D eigenvalue weighted by molar-refractivity contribution is 9.10. The second-order valence-corrected chi connectivity index (χ2v) is 6.39. The first kappa shape index (κ1) is 14.9. The molecule has 0 spiro atoms. The van der Waals surface area contributed by atoms with Gasteiger partial charge in [0, 0.05) is 4.47 Å². The van der Waals surface area contributed by atoms with Gasteiger partial charge in [0.05, 0.1) is 5.02 Å². The number of rotatable bonds is 2. The molecule has 1 heterocycles. The molecule has 0 fully saturated rings. The van der Waals surface area contributed by atoms with E-state index in [9.17, 15) is 0 Å². The van der Waals surface area contributed by atoms with Crippen molar-refractivity contribution in [3.05, 3.63) is 62.1 Å². The Morgan fingerprint density at radius 2 is 1.57 bits per heavy atom. The lowest BCUT2D eigenvalue weighted by Gasteiger charge is -2.08. The van der Waals surface area contributed by atoms with E-state index in [4.69, 9.17) is 39.5 Å². The lowest BCUT2D eigenvalue weighted by atomic mass is 10.1. The van der Waals surface area contributed by atoms with Crippen LogP contribution in [0.1, 0.15) is 0 Å². The Bertz CT molecular complexity index is 839. The number of benzene rings is 2. The summed E-state index contributed by atoms with van der Waals surface area (Å²) in [5.41, 5.74) is 0. The maximum absolute atomic E-state index is 6.05. The van der Waals surface area contributed by atoms with E-state index < -0.39 is 0 Å². The number of pyridine rings is 1. The van der Waals surface area contributed by atoms with E-state index >= 15 is 0 Å². The molecule has 0 bridgehead atoms. The van der Waals surface area contributed by atoms with Crippen LogP contribution in [-0.2, 0) is 0 Å². The van der Waals surface area contributed by atoms with Crippen molar-refractivity contribution in [2.24, 2.45) is 0 Å². The van der Waals surface area contributed by atoms with Crippen molar-refractivity contribution >= 4 is 61.5 Å². The molecule has 0 saturated carbocycles. The fraction of sp³-hybridized carbons (Fsp3) is 0. The Balaban J connectivity index is 1.98. The molecule has 0 atom stereocenters. The molecule has 0 saturated heterocycles. The molecule has 3 rings (SSSR count). The average molecular weight is 403 g/mol. The number of hydrogen-bond acceptors (Lipinski definition) is 2. The Kier molecular flexibility index (Phi) is 4.27. The second-order valence-electron chi connectivity index (χ2n) is 4.30. The first-order valence-corrected chi connectivity index (χ1v) is 7.84. The van der Waals surface area contributed by atoms with Gasteiger partial charge in [-0.15, -0.1) is 0 Å². The van der Waals surface area contributed by atoms with Gasteiger partial charge in [-0.05, 0) is 41.1 Å². The lowest BCUT2D eigenvalue weighted by molar-refractivity contribution is 0.464. The molecular weight excluding hydrogens is 396 g/mol. The zero-order chi connectivity index (χ0) is 15.0. The third kappa shape index (κ3) is 3.27. The van der Waals surface area contributed by atoms with Crippen molar-refractivity contribution in [2.75, 3.05) is 0 Å². The zero-order valence-corrected chi connectivity index (χ0v) is 14.3. The maximum Gasteiger partial charge on any atom is 0.239 e.